The van der Waals surface area contributed by atoms with Crippen molar-refractivity contribution in [2.75, 3.05) is 19.4 Å². The largest absolute Gasteiger partial charge is 0.492 e. The lowest BCUT2D eigenvalue weighted by atomic mass is 10.1. The number of carbonyl (C=O) groups is 1. The average Bonchev–Trinajstić information content (AvgIpc) is 2.89. The Morgan fingerprint density at radius 3 is 2.55 bits per heavy atom. The lowest BCUT2D eigenvalue weighted by Crippen LogP contribution is -2.33. The number of nitrogens with one attached hydrogen (secondary N) is 1. The number of nitrogens with two attached hydrogens (primary N) is 1. The molecule has 122 valence electrons. The van der Waals surface area contributed by atoms with Crippen molar-refractivity contribution in [3.8, 4) is 5.75 Å². The van der Waals surface area contributed by atoms with E-state index >= 15 is 0 Å². The highest BCUT2D eigenvalue weighted by atomic mass is 32.2. The molecule has 0 bridgehead atoms. The molecule has 1 amide bonds. The minimum absolute atomic E-state index is 0.0176. The highest BCUT2D eigenvalue weighted by Crippen LogP contribution is 2.23. The fraction of sp³-hybridized carbons (Fsp3) is 0.533. The number of benzene rings is 1. The van der Waals surface area contributed by atoms with Gasteiger partial charge in [-0.05, 0) is 43.5 Å². The minimum atomic E-state index is -3.19. The molecule has 0 aliphatic heterocycles. The predicted molar refractivity (Wildman–Crippen MR) is 83.4 cm³/mol. The molecule has 0 radical (unpaired) electrons. The van der Waals surface area contributed by atoms with Gasteiger partial charge in [0.05, 0.1) is 11.4 Å². The van der Waals surface area contributed by atoms with Gasteiger partial charge in [0.15, 0.2) is 9.84 Å². The topological polar surface area (TPSA) is 98.5 Å². The summed E-state index contributed by atoms with van der Waals surface area (Å²) in [5.41, 5.74) is 5.79. The highest BCUT2D eigenvalue weighted by Gasteiger charge is 2.27. The zero-order chi connectivity index (χ0) is 16.2. The Hall–Kier alpha value is -1.60. The van der Waals surface area contributed by atoms with Gasteiger partial charge in [-0.1, -0.05) is 0 Å². The van der Waals surface area contributed by atoms with Crippen LogP contribution < -0.4 is 15.8 Å². The number of carbonyl (C=O) groups excluding carboxylic acids is 1. The summed E-state index contributed by atoms with van der Waals surface area (Å²) in [5, 5.41) is 2.84. The summed E-state index contributed by atoms with van der Waals surface area (Å²) in [4.78, 5) is 12.1. The molecule has 22 heavy (non-hydrogen) atoms. The molecule has 0 aromatic heterocycles. The normalized spacial score (nSPS) is 21.5. The van der Waals surface area contributed by atoms with Crippen LogP contribution in [0, 0.1) is 5.92 Å². The van der Waals surface area contributed by atoms with Crippen LogP contribution in [0.25, 0.3) is 0 Å². The van der Waals surface area contributed by atoms with Gasteiger partial charge in [-0.3, -0.25) is 4.79 Å². The summed E-state index contributed by atoms with van der Waals surface area (Å²) in [7, 11) is -3.19. The molecule has 1 aliphatic rings. The summed E-state index contributed by atoms with van der Waals surface area (Å²) >= 11 is 0. The third-order valence-corrected chi connectivity index (χ3v) is 4.89. The second kappa shape index (κ2) is 7.11. The maximum atomic E-state index is 11.9. The van der Waals surface area contributed by atoms with Crippen molar-refractivity contribution in [2.45, 2.75) is 30.2 Å². The van der Waals surface area contributed by atoms with Gasteiger partial charge in [0.25, 0.3) is 0 Å². The first-order valence-electron chi connectivity index (χ1n) is 7.32. The number of hydrogen-bond donors (Lipinski definition) is 2. The molecule has 1 aromatic carbocycles. The van der Waals surface area contributed by atoms with Crippen LogP contribution in [0.1, 0.15) is 19.3 Å². The van der Waals surface area contributed by atoms with Gasteiger partial charge in [0, 0.05) is 18.2 Å². The summed E-state index contributed by atoms with van der Waals surface area (Å²) in [6, 6.07) is 6.36. The van der Waals surface area contributed by atoms with E-state index in [1.807, 2.05) is 0 Å². The van der Waals surface area contributed by atoms with E-state index in [1.54, 1.807) is 12.1 Å². The maximum Gasteiger partial charge on any atom is 0.223 e. The van der Waals surface area contributed by atoms with E-state index in [-0.39, 0.29) is 22.8 Å². The number of ether oxygens (including phenoxy) is 1. The van der Waals surface area contributed by atoms with Gasteiger partial charge >= 0.3 is 0 Å². The molecule has 2 unspecified atom stereocenters. The highest BCUT2D eigenvalue weighted by molar-refractivity contribution is 7.90. The molecule has 2 atom stereocenters. The fourth-order valence-electron chi connectivity index (χ4n) is 2.53. The minimum Gasteiger partial charge on any atom is -0.492 e. The third kappa shape index (κ3) is 4.71. The van der Waals surface area contributed by atoms with Crippen LogP contribution in [-0.4, -0.2) is 39.8 Å². The maximum absolute atomic E-state index is 11.9. The van der Waals surface area contributed by atoms with Crippen molar-refractivity contribution in [2.24, 2.45) is 11.7 Å². The summed E-state index contributed by atoms with van der Waals surface area (Å²) in [5.74, 6) is 0.623. The van der Waals surface area contributed by atoms with Gasteiger partial charge in [-0.15, -0.1) is 0 Å². The molecule has 0 heterocycles. The number of amides is 1. The van der Waals surface area contributed by atoms with Gasteiger partial charge in [0.1, 0.15) is 12.4 Å². The molecule has 1 aliphatic carbocycles. The van der Waals surface area contributed by atoms with Crippen LogP contribution in [0.15, 0.2) is 29.2 Å². The Kier molecular flexibility index (Phi) is 5.42. The van der Waals surface area contributed by atoms with Gasteiger partial charge in [-0.2, -0.15) is 0 Å². The molecule has 1 fully saturated rings. The molecular formula is C15H22N2O4S. The smallest absolute Gasteiger partial charge is 0.223 e. The van der Waals surface area contributed by atoms with Crippen LogP contribution in [0.4, 0.5) is 0 Å². The Labute approximate surface area is 131 Å². The van der Waals surface area contributed by atoms with Crippen molar-refractivity contribution < 1.29 is 17.9 Å². The van der Waals surface area contributed by atoms with Crippen LogP contribution >= 0.6 is 0 Å². The van der Waals surface area contributed by atoms with E-state index in [0.29, 0.717) is 18.9 Å². The molecule has 3 N–H and O–H groups in total. The van der Waals surface area contributed by atoms with E-state index < -0.39 is 9.84 Å². The average molecular weight is 326 g/mol. The first-order valence-corrected chi connectivity index (χ1v) is 9.21. The first-order chi connectivity index (χ1) is 10.4. The molecule has 0 spiro atoms. The molecule has 1 aromatic rings. The molecule has 2 rings (SSSR count). The molecular weight excluding hydrogens is 304 g/mol. The van der Waals surface area contributed by atoms with Crippen molar-refractivity contribution in [3.05, 3.63) is 24.3 Å². The Morgan fingerprint density at radius 1 is 1.32 bits per heavy atom. The number of rotatable bonds is 6. The zero-order valence-electron chi connectivity index (χ0n) is 12.6. The van der Waals surface area contributed by atoms with E-state index in [2.05, 4.69) is 5.32 Å². The van der Waals surface area contributed by atoms with E-state index in [9.17, 15) is 13.2 Å². The lowest BCUT2D eigenvalue weighted by Gasteiger charge is -2.11. The number of hydrogen-bond acceptors (Lipinski definition) is 5. The van der Waals surface area contributed by atoms with E-state index in [4.69, 9.17) is 10.5 Å². The van der Waals surface area contributed by atoms with Crippen molar-refractivity contribution in [3.63, 3.8) is 0 Å². The standard InChI is InChI=1S/C15H22N2O4S/c1-22(19,20)14-6-4-13(5-7-14)21-9-8-17-15(18)11-2-3-12(16)10-11/h4-7,11-12H,2-3,8-10,16H2,1H3,(H,17,18). The molecule has 7 heteroatoms. The fourth-order valence-corrected chi connectivity index (χ4v) is 3.16. The summed E-state index contributed by atoms with van der Waals surface area (Å²) in [6.45, 7) is 0.751. The summed E-state index contributed by atoms with van der Waals surface area (Å²) < 4.78 is 28.1. The van der Waals surface area contributed by atoms with Crippen LogP contribution in [0.2, 0.25) is 0 Å². The Balaban J connectivity index is 1.71. The first kappa shape index (κ1) is 16.8. The van der Waals surface area contributed by atoms with Crippen LogP contribution in [0.3, 0.4) is 0 Å². The molecule has 6 nitrogen and oxygen atoms in total. The number of sulfone groups is 1. The van der Waals surface area contributed by atoms with Gasteiger partial charge in [-0.25, -0.2) is 8.42 Å². The Bertz CT molecular complexity index is 613. The monoisotopic (exact) mass is 326 g/mol. The van der Waals surface area contributed by atoms with Crippen LogP contribution in [0.5, 0.6) is 5.75 Å². The molecule has 1 saturated carbocycles. The SMILES string of the molecule is CS(=O)(=O)c1ccc(OCCNC(=O)C2CCC(N)C2)cc1. The van der Waals surface area contributed by atoms with Crippen molar-refractivity contribution in [1.29, 1.82) is 0 Å². The predicted octanol–water partition coefficient (Wildman–Crippen LogP) is 0.713. The van der Waals surface area contributed by atoms with Gasteiger partial charge in [0.2, 0.25) is 5.91 Å². The van der Waals surface area contributed by atoms with Crippen LogP contribution in [-0.2, 0) is 14.6 Å². The lowest BCUT2D eigenvalue weighted by molar-refractivity contribution is -0.124. The third-order valence-electron chi connectivity index (χ3n) is 3.77. The summed E-state index contributed by atoms with van der Waals surface area (Å²) in [6.07, 6.45) is 3.66. The van der Waals surface area contributed by atoms with Crippen molar-refractivity contribution in [1.82, 2.24) is 5.32 Å². The van der Waals surface area contributed by atoms with E-state index in [0.717, 1.165) is 25.5 Å². The quantitative estimate of drug-likeness (QED) is 0.750. The Morgan fingerprint density at radius 2 is 2.00 bits per heavy atom. The zero-order valence-corrected chi connectivity index (χ0v) is 13.4. The second-order valence-electron chi connectivity index (χ2n) is 5.65. The molecule has 0 saturated heterocycles. The van der Waals surface area contributed by atoms with E-state index in [1.165, 1.54) is 12.1 Å². The van der Waals surface area contributed by atoms with Crippen molar-refractivity contribution >= 4 is 15.7 Å². The van der Waals surface area contributed by atoms with Gasteiger partial charge < -0.3 is 15.8 Å². The second-order valence-corrected chi connectivity index (χ2v) is 7.67.